The maximum absolute atomic E-state index is 12.5. The number of carbonyl (C=O) groups excluding carboxylic acids is 3. The Morgan fingerprint density at radius 3 is 2.38 bits per heavy atom. The molecule has 1 aliphatic rings. The number of nitrogens with one attached hydrogen (secondary N) is 1. The van der Waals surface area contributed by atoms with Gasteiger partial charge in [-0.25, -0.2) is 0 Å². The fourth-order valence-electron chi connectivity index (χ4n) is 2.79. The summed E-state index contributed by atoms with van der Waals surface area (Å²) in [6.45, 7) is 3.67. The molecule has 0 saturated heterocycles. The van der Waals surface area contributed by atoms with E-state index in [1.165, 1.54) is 4.90 Å². The standard InChI is InChI=1S/C17H17N3O3.ClH/c1-3-20-16(22)11-6-4-5-10-13(19-15(21)9(2)18)8-7-12(14(10)11)17(20)23;/h4-9H,3,18H2,1-2H3,(H,19,21);1H. The summed E-state index contributed by atoms with van der Waals surface area (Å²) in [5.41, 5.74) is 7.06. The minimum absolute atomic E-state index is 0. The number of anilines is 1. The second kappa shape index (κ2) is 6.59. The lowest BCUT2D eigenvalue weighted by molar-refractivity contribution is -0.117. The summed E-state index contributed by atoms with van der Waals surface area (Å²) in [5, 5.41) is 3.98. The first-order valence-electron chi connectivity index (χ1n) is 7.44. The molecule has 0 fully saturated rings. The molecule has 0 aliphatic carbocycles. The Morgan fingerprint density at radius 2 is 1.79 bits per heavy atom. The van der Waals surface area contributed by atoms with Crippen LogP contribution >= 0.6 is 12.4 Å². The van der Waals surface area contributed by atoms with Gasteiger partial charge in [0.05, 0.1) is 6.04 Å². The molecule has 3 rings (SSSR count). The smallest absolute Gasteiger partial charge is 0.261 e. The van der Waals surface area contributed by atoms with Crippen molar-refractivity contribution in [1.82, 2.24) is 4.90 Å². The molecular formula is C17H18ClN3O3. The number of amides is 3. The fourth-order valence-corrected chi connectivity index (χ4v) is 2.79. The molecule has 1 aliphatic heterocycles. The molecule has 6 nitrogen and oxygen atoms in total. The number of nitrogens with zero attached hydrogens (tertiary/aromatic N) is 1. The van der Waals surface area contributed by atoms with E-state index in [2.05, 4.69) is 5.32 Å². The summed E-state index contributed by atoms with van der Waals surface area (Å²) in [4.78, 5) is 38.0. The van der Waals surface area contributed by atoms with E-state index in [0.717, 1.165) is 0 Å². The largest absolute Gasteiger partial charge is 0.324 e. The van der Waals surface area contributed by atoms with Gasteiger partial charge in [-0.2, -0.15) is 0 Å². The Bertz CT molecular complexity index is 826. The van der Waals surface area contributed by atoms with E-state index in [4.69, 9.17) is 5.73 Å². The summed E-state index contributed by atoms with van der Waals surface area (Å²) in [6, 6.07) is 7.87. The van der Waals surface area contributed by atoms with E-state index in [1.54, 1.807) is 44.2 Å². The number of hydrogen-bond donors (Lipinski definition) is 2. The minimum Gasteiger partial charge on any atom is -0.324 e. The molecule has 24 heavy (non-hydrogen) atoms. The number of halogens is 1. The fraction of sp³-hybridized carbons (Fsp3) is 0.235. The summed E-state index contributed by atoms with van der Waals surface area (Å²) >= 11 is 0. The highest BCUT2D eigenvalue weighted by atomic mass is 35.5. The summed E-state index contributed by atoms with van der Waals surface area (Å²) in [6.07, 6.45) is 0. The van der Waals surface area contributed by atoms with E-state index in [-0.39, 0.29) is 30.1 Å². The third kappa shape index (κ3) is 2.64. The van der Waals surface area contributed by atoms with Crippen LogP contribution < -0.4 is 11.1 Å². The molecule has 3 amide bonds. The van der Waals surface area contributed by atoms with Gasteiger partial charge in [0, 0.05) is 34.1 Å². The molecule has 0 spiro atoms. The molecule has 2 aromatic rings. The molecule has 3 N–H and O–H groups in total. The maximum Gasteiger partial charge on any atom is 0.261 e. The van der Waals surface area contributed by atoms with Gasteiger partial charge in [-0.05, 0) is 32.0 Å². The molecule has 0 radical (unpaired) electrons. The molecule has 1 atom stereocenters. The quantitative estimate of drug-likeness (QED) is 0.832. The normalized spacial score (nSPS) is 14.4. The van der Waals surface area contributed by atoms with Crippen LogP contribution in [0, 0.1) is 0 Å². The highest BCUT2D eigenvalue weighted by molar-refractivity contribution is 6.27. The molecule has 126 valence electrons. The Kier molecular flexibility index (Phi) is 4.91. The second-order valence-corrected chi connectivity index (χ2v) is 5.52. The van der Waals surface area contributed by atoms with Crippen molar-refractivity contribution in [2.45, 2.75) is 19.9 Å². The number of benzene rings is 2. The number of nitrogens with two attached hydrogens (primary N) is 1. The van der Waals surface area contributed by atoms with Gasteiger partial charge in [0.2, 0.25) is 5.91 Å². The van der Waals surface area contributed by atoms with Crippen molar-refractivity contribution in [3.05, 3.63) is 41.5 Å². The third-order valence-corrected chi connectivity index (χ3v) is 3.98. The van der Waals surface area contributed by atoms with E-state index in [1.807, 2.05) is 0 Å². The van der Waals surface area contributed by atoms with Crippen molar-refractivity contribution < 1.29 is 14.4 Å². The maximum atomic E-state index is 12.5. The first kappa shape index (κ1) is 17.9. The topological polar surface area (TPSA) is 92.5 Å². The van der Waals surface area contributed by atoms with Crippen LogP contribution in [0.2, 0.25) is 0 Å². The number of carbonyl (C=O) groups is 3. The van der Waals surface area contributed by atoms with E-state index >= 15 is 0 Å². The van der Waals surface area contributed by atoms with E-state index in [9.17, 15) is 14.4 Å². The Morgan fingerprint density at radius 1 is 1.17 bits per heavy atom. The molecule has 1 heterocycles. The van der Waals surface area contributed by atoms with Crippen LogP contribution in [0.4, 0.5) is 5.69 Å². The van der Waals surface area contributed by atoms with Crippen molar-refractivity contribution in [2.24, 2.45) is 5.73 Å². The minimum atomic E-state index is -0.653. The highest BCUT2D eigenvalue weighted by Gasteiger charge is 2.32. The monoisotopic (exact) mass is 347 g/mol. The van der Waals surface area contributed by atoms with Gasteiger partial charge in [-0.3, -0.25) is 19.3 Å². The second-order valence-electron chi connectivity index (χ2n) is 5.52. The van der Waals surface area contributed by atoms with Crippen LogP contribution in [0.25, 0.3) is 10.8 Å². The van der Waals surface area contributed by atoms with Crippen molar-refractivity contribution in [2.75, 3.05) is 11.9 Å². The molecule has 1 unspecified atom stereocenters. The van der Waals surface area contributed by atoms with Crippen molar-refractivity contribution >= 4 is 46.6 Å². The van der Waals surface area contributed by atoms with E-state index in [0.29, 0.717) is 34.1 Å². The average Bonchev–Trinajstić information content (AvgIpc) is 2.53. The van der Waals surface area contributed by atoms with Crippen molar-refractivity contribution in [3.8, 4) is 0 Å². The van der Waals surface area contributed by atoms with Gasteiger partial charge in [0.1, 0.15) is 0 Å². The lowest BCUT2D eigenvalue weighted by atomic mass is 9.93. The Balaban J connectivity index is 0.00000208. The SMILES string of the molecule is CCN1C(=O)c2cccc3c(NC(=O)C(C)N)ccc(c23)C1=O.Cl. The van der Waals surface area contributed by atoms with Crippen LogP contribution in [0.15, 0.2) is 30.3 Å². The Labute approximate surface area is 145 Å². The van der Waals surface area contributed by atoms with Gasteiger partial charge in [0.15, 0.2) is 0 Å². The Hall–Kier alpha value is -2.44. The van der Waals surface area contributed by atoms with Gasteiger partial charge >= 0.3 is 0 Å². The average molecular weight is 348 g/mol. The molecule has 0 aromatic heterocycles. The molecule has 0 saturated carbocycles. The van der Waals surface area contributed by atoms with Gasteiger partial charge < -0.3 is 11.1 Å². The lowest BCUT2D eigenvalue weighted by Crippen LogP contribution is -2.40. The zero-order valence-corrected chi connectivity index (χ0v) is 14.1. The summed E-state index contributed by atoms with van der Waals surface area (Å²) in [5.74, 6) is -0.952. The lowest BCUT2D eigenvalue weighted by Gasteiger charge is -2.26. The highest BCUT2D eigenvalue weighted by Crippen LogP contribution is 2.34. The molecule has 2 aromatic carbocycles. The number of imide groups is 1. The predicted octanol–water partition coefficient (Wildman–Crippen LogP) is 2.16. The third-order valence-electron chi connectivity index (χ3n) is 3.98. The van der Waals surface area contributed by atoms with Crippen LogP contribution in [-0.2, 0) is 4.79 Å². The first-order valence-corrected chi connectivity index (χ1v) is 7.44. The van der Waals surface area contributed by atoms with Crippen LogP contribution in [0.5, 0.6) is 0 Å². The molecule has 7 heteroatoms. The molecule has 0 bridgehead atoms. The van der Waals surface area contributed by atoms with Crippen molar-refractivity contribution in [1.29, 1.82) is 0 Å². The summed E-state index contributed by atoms with van der Waals surface area (Å²) < 4.78 is 0. The zero-order valence-electron chi connectivity index (χ0n) is 13.3. The first-order chi connectivity index (χ1) is 11.0. The zero-order chi connectivity index (χ0) is 16.7. The van der Waals surface area contributed by atoms with Gasteiger partial charge in [0.25, 0.3) is 11.8 Å². The molecular weight excluding hydrogens is 330 g/mol. The van der Waals surface area contributed by atoms with Crippen LogP contribution in [0.1, 0.15) is 34.6 Å². The van der Waals surface area contributed by atoms with Crippen molar-refractivity contribution in [3.63, 3.8) is 0 Å². The predicted molar refractivity (Wildman–Crippen MR) is 94.5 cm³/mol. The van der Waals surface area contributed by atoms with Gasteiger partial charge in [-0.1, -0.05) is 12.1 Å². The number of hydrogen-bond acceptors (Lipinski definition) is 4. The van der Waals surface area contributed by atoms with Crippen LogP contribution in [-0.4, -0.2) is 35.2 Å². The van der Waals surface area contributed by atoms with E-state index < -0.39 is 6.04 Å². The van der Waals surface area contributed by atoms with Crippen LogP contribution in [0.3, 0.4) is 0 Å². The number of rotatable bonds is 3. The summed E-state index contributed by atoms with van der Waals surface area (Å²) in [7, 11) is 0. The van der Waals surface area contributed by atoms with Gasteiger partial charge in [-0.15, -0.1) is 12.4 Å².